The van der Waals surface area contributed by atoms with Crippen molar-refractivity contribution in [2.45, 2.75) is 13.0 Å². The molecule has 0 saturated heterocycles. The quantitative estimate of drug-likeness (QED) is 0.755. The van der Waals surface area contributed by atoms with Gasteiger partial charge in [-0.15, -0.1) is 12.4 Å². The summed E-state index contributed by atoms with van der Waals surface area (Å²) in [5, 5.41) is 8.52. The van der Waals surface area contributed by atoms with Gasteiger partial charge in [0.15, 0.2) is 0 Å². The van der Waals surface area contributed by atoms with E-state index < -0.39 is 0 Å². The zero-order chi connectivity index (χ0) is 9.14. The van der Waals surface area contributed by atoms with Crippen molar-refractivity contribution in [3.63, 3.8) is 0 Å². The van der Waals surface area contributed by atoms with E-state index in [4.69, 9.17) is 11.0 Å². The van der Waals surface area contributed by atoms with Gasteiger partial charge in [0.25, 0.3) is 0 Å². The fourth-order valence-corrected chi connectivity index (χ4v) is 0.962. The van der Waals surface area contributed by atoms with E-state index in [1.54, 1.807) is 6.92 Å². The number of benzene rings is 1. The molecule has 0 radical (unpaired) electrons. The molecule has 70 valence electrons. The van der Waals surface area contributed by atoms with E-state index in [0.717, 1.165) is 0 Å². The first-order chi connectivity index (χ1) is 5.65. The number of halogens is 2. The van der Waals surface area contributed by atoms with Crippen LogP contribution in [0.25, 0.3) is 0 Å². The van der Waals surface area contributed by atoms with Crippen LogP contribution in [-0.4, -0.2) is 0 Å². The molecule has 0 heterocycles. The molecule has 0 amide bonds. The maximum Gasteiger partial charge on any atom is 0.128 e. The van der Waals surface area contributed by atoms with Gasteiger partial charge in [-0.3, -0.25) is 0 Å². The fraction of sp³-hybridized carbons (Fsp3) is 0.222. The molecule has 4 heteroatoms. The topological polar surface area (TPSA) is 49.8 Å². The number of hydrogen-bond donors (Lipinski definition) is 1. The van der Waals surface area contributed by atoms with Crippen molar-refractivity contribution in [3.05, 3.63) is 35.1 Å². The molecule has 0 saturated carbocycles. The maximum atomic E-state index is 13.0. The van der Waals surface area contributed by atoms with Crippen LogP contribution in [0.2, 0.25) is 0 Å². The maximum absolute atomic E-state index is 13.0. The Morgan fingerprint density at radius 3 is 2.62 bits per heavy atom. The van der Waals surface area contributed by atoms with Crippen LogP contribution in [-0.2, 0) is 0 Å². The van der Waals surface area contributed by atoms with Crippen molar-refractivity contribution in [1.82, 2.24) is 0 Å². The molecule has 0 aliphatic heterocycles. The summed E-state index contributed by atoms with van der Waals surface area (Å²) in [6, 6.07) is 5.72. The first kappa shape index (κ1) is 11.9. The second-order valence-corrected chi connectivity index (χ2v) is 2.64. The third-order valence-corrected chi connectivity index (χ3v) is 1.62. The van der Waals surface area contributed by atoms with Crippen LogP contribution in [0.3, 0.4) is 0 Å². The van der Waals surface area contributed by atoms with Crippen LogP contribution in [0.5, 0.6) is 0 Å². The Kier molecular flexibility index (Phi) is 4.39. The van der Waals surface area contributed by atoms with E-state index in [-0.39, 0.29) is 24.3 Å². The lowest BCUT2D eigenvalue weighted by atomic mass is 10.1. The summed E-state index contributed by atoms with van der Waals surface area (Å²) >= 11 is 0. The van der Waals surface area contributed by atoms with Crippen LogP contribution in [0.1, 0.15) is 24.1 Å². The fourth-order valence-electron chi connectivity index (χ4n) is 0.962. The van der Waals surface area contributed by atoms with Gasteiger partial charge in [-0.05, 0) is 25.1 Å². The molecule has 0 spiro atoms. The lowest BCUT2D eigenvalue weighted by molar-refractivity contribution is 0.593. The van der Waals surface area contributed by atoms with Gasteiger partial charge >= 0.3 is 0 Å². The Labute approximate surface area is 82.6 Å². The predicted octanol–water partition coefficient (Wildman–Crippen LogP) is 2.14. The summed E-state index contributed by atoms with van der Waals surface area (Å²) in [6.45, 7) is 1.68. The average Bonchev–Trinajstić information content (AvgIpc) is 2.05. The highest BCUT2D eigenvalue weighted by Gasteiger charge is 2.06. The molecule has 1 aromatic carbocycles. The second-order valence-electron chi connectivity index (χ2n) is 2.64. The molecule has 0 aliphatic carbocycles. The monoisotopic (exact) mass is 200 g/mol. The van der Waals surface area contributed by atoms with Gasteiger partial charge < -0.3 is 5.73 Å². The lowest BCUT2D eigenvalue weighted by Gasteiger charge is -2.06. The molecule has 2 N–H and O–H groups in total. The Bertz CT molecular complexity index is 331. The average molecular weight is 201 g/mol. The van der Waals surface area contributed by atoms with E-state index in [2.05, 4.69) is 0 Å². The standard InChI is InChI=1S/C9H9FN2.ClH/c1-6(12)8-4-7(5-11)2-3-9(8)10;/h2-4,6H,12H2,1H3;1H. The van der Waals surface area contributed by atoms with Gasteiger partial charge in [0.2, 0.25) is 0 Å². The summed E-state index contributed by atoms with van der Waals surface area (Å²) in [5.74, 6) is -0.357. The zero-order valence-corrected chi connectivity index (χ0v) is 7.94. The van der Waals surface area contributed by atoms with Gasteiger partial charge in [0.1, 0.15) is 5.82 Å². The highest BCUT2D eigenvalue weighted by atomic mass is 35.5. The Hall–Kier alpha value is -1.11. The summed E-state index contributed by atoms with van der Waals surface area (Å²) in [6.07, 6.45) is 0. The van der Waals surface area contributed by atoms with Crippen LogP contribution in [0.4, 0.5) is 4.39 Å². The van der Waals surface area contributed by atoms with E-state index >= 15 is 0 Å². The smallest absolute Gasteiger partial charge is 0.128 e. The Morgan fingerprint density at radius 2 is 2.15 bits per heavy atom. The minimum Gasteiger partial charge on any atom is -0.324 e. The minimum atomic E-state index is -0.377. The molecule has 2 nitrogen and oxygen atoms in total. The van der Waals surface area contributed by atoms with Crippen molar-refractivity contribution in [3.8, 4) is 6.07 Å². The van der Waals surface area contributed by atoms with Crippen molar-refractivity contribution < 1.29 is 4.39 Å². The number of rotatable bonds is 1. The third kappa shape index (κ3) is 2.69. The number of nitriles is 1. The second kappa shape index (κ2) is 4.80. The van der Waals surface area contributed by atoms with Gasteiger partial charge in [-0.1, -0.05) is 0 Å². The third-order valence-electron chi connectivity index (χ3n) is 1.62. The molecule has 1 unspecified atom stereocenters. The van der Waals surface area contributed by atoms with Crippen LogP contribution in [0, 0.1) is 17.1 Å². The Balaban J connectivity index is 0.00000144. The molecule has 1 atom stereocenters. The summed E-state index contributed by atoms with van der Waals surface area (Å²) in [4.78, 5) is 0. The van der Waals surface area contributed by atoms with E-state index in [0.29, 0.717) is 11.1 Å². The van der Waals surface area contributed by atoms with Gasteiger partial charge in [0.05, 0.1) is 11.6 Å². The SMILES string of the molecule is CC(N)c1cc(C#N)ccc1F.Cl. The molecule has 0 bridgehead atoms. The Morgan fingerprint density at radius 1 is 1.54 bits per heavy atom. The predicted molar refractivity (Wildman–Crippen MR) is 51.0 cm³/mol. The molecular formula is C9H10ClFN2. The molecule has 1 aromatic rings. The summed E-state index contributed by atoms with van der Waals surface area (Å²) in [5.41, 5.74) is 6.31. The summed E-state index contributed by atoms with van der Waals surface area (Å²) < 4.78 is 13.0. The van der Waals surface area contributed by atoms with Crippen molar-refractivity contribution in [2.75, 3.05) is 0 Å². The molecule has 13 heavy (non-hydrogen) atoms. The number of hydrogen-bond acceptors (Lipinski definition) is 2. The van der Waals surface area contributed by atoms with E-state index in [9.17, 15) is 4.39 Å². The highest BCUT2D eigenvalue weighted by Crippen LogP contribution is 2.15. The van der Waals surface area contributed by atoms with Crippen LogP contribution >= 0.6 is 12.4 Å². The van der Waals surface area contributed by atoms with Gasteiger partial charge in [-0.2, -0.15) is 5.26 Å². The van der Waals surface area contributed by atoms with Crippen molar-refractivity contribution >= 4 is 12.4 Å². The number of nitrogens with two attached hydrogens (primary N) is 1. The molecule has 1 rings (SSSR count). The minimum absolute atomic E-state index is 0. The van der Waals surface area contributed by atoms with Gasteiger partial charge in [-0.25, -0.2) is 4.39 Å². The van der Waals surface area contributed by atoms with Crippen molar-refractivity contribution in [2.24, 2.45) is 5.73 Å². The molecule has 0 aromatic heterocycles. The highest BCUT2D eigenvalue weighted by molar-refractivity contribution is 5.85. The first-order valence-electron chi connectivity index (χ1n) is 3.60. The molecule has 0 fully saturated rings. The van der Waals surface area contributed by atoms with Crippen LogP contribution < -0.4 is 5.73 Å². The van der Waals surface area contributed by atoms with Gasteiger partial charge in [0, 0.05) is 11.6 Å². The van der Waals surface area contributed by atoms with Crippen LogP contribution in [0.15, 0.2) is 18.2 Å². The first-order valence-corrected chi connectivity index (χ1v) is 3.60. The molecule has 0 aliphatic rings. The lowest BCUT2D eigenvalue weighted by Crippen LogP contribution is -2.07. The normalized spacial score (nSPS) is 11.2. The van der Waals surface area contributed by atoms with E-state index in [1.165, 1.54) is 18.2 Å². The van der Waals surface area contributed by atoms with Crippen molar-refractivity contribution in [1.29, 1.82) is 5.26 Å². The zero-order valence-electron chi connectivity index (χ0n) is 7.12. The van der Waals surface area contributed by atoms with E-state index in [1.807, 2.05) is 6.07 Å². The molecular weight excluding hydrogens is 191 g/mol. The summed E-state index contributed by atoms with van der Waals surface area (Å²) in [7, 11) is 0. The largest absolute Gasteiger partial charge is 0.324 e. The number of nitrogens with zero attached hydrogens (tertiary/aromatic N) is 1.